The minimum atomic E-state index is -3.51. The van der Waals surface area contributed by atoms with E-state index in [2.05, 4.69) is 20.3 Å². The number of hydrogen-bond acceptors (Lipinski definition) is 5. The monoisotopic (exact) mass is 356 g/mol. The fourth-order valence-corrected chi connectivity index (χ4v) is 4.30. The number of aromatic amines is 1. The molecule has 0 saturated carbocycles. The zero-order valence-corrected chi connectivity index (χ0v) is 14.4. The molecule has 1 aromatic heterocycles. The molecule has 2 aliphatic heterocycles. The Labute approximate surface area is 141 Å². The fourth-order valence-electron chi connectivity index (χ4n) is 3.04. The second-order valence-electron chi connectivity index (χ2n) is 6.19. The molecule has 24 heavy (non-hydrogen) atoms. The minimum absolute atomic E-state index is 0.0398. The van der Waals surface area contributed by atoms with Crippen molar-refractivity contribution in [2.75, 3.05) is 26.2 Å². The third-order valence-electron chi connectivity index (χ3n) is 4.41. The molecule has 1 aromatic rings. The van der Waals surface area contributed by atoms with Gasteiger partial charge in [0.15, 0.2) is 0 Å². The normalized spacial score (nSPS) is 20.3. The van der Waals surface area contributed by atoms with Crippen LogP contribution in [-0.4, -0.2) is 60.0 Å². The molecule has 2 fully saturated rings. The number of aromatic nitrogens is 2. The molecule has 0 unspecified atom stereocenters. The number of carbonyl (C=O) groups excluding carboxylic acids is 1. The van der Waals surface area contributed by atoms with Crippen LogP contribution in [0.3, 0.4) is 0 Å². The first-order valence-corrected chi connectivity index (χ1v) is 9.83. The first-order valence-electron chi connectivity index (χ1n) is 8.39. The maximum absolute atomic E-state index is 12.4. The van der Waals surface area contributed by atoms with Crippen LogP contribution in [0.5, 0.6) is 0 Å². The standard InChI is InChI=1S/C14H24N6O3S/c21-14(18-19-6-2-1-3-7-19)13-12(10-15-17-13)11-16-24(22,23)20-8-4-5-9-20/h10,16H,1-9,11H2,(H,15,17)(H,18,21). The zero-order chi connectivity index (χ0) is 17.0. The molecule has 134 valence electrons. The number of piperidine rings is 1. The Bertz CT molecular complexity index is 662. The molecule has 3 heterocycles. The Morgan fingerprint density at radius 1 is 1.12 bits per heavy atom. The molecule has 0 bridgehead atoms. The summed E-state index contributed by atoms with van der Waals surface area (Å²) in [6.45, 7) is 2.79. The smallest absolute Gasteiger partial charge is 0.283 e. The molecule has 3 rings (SSSR count). The quantitative estimate of drug-likeness (QED) is 0.663. The number of H-pyrrole nitrogens is 1. The van der Waals surface area contributed by atoms with E-state index in [-0.39, 0.29) is 12.5 Å². The van der Waals surface area contributed by atoms with E-state index >= 15 is 0 Å². The van der Waals surface area contributed by atoms with Crippen LogP contribution in [0, 0.1) is 0 Å². The Kier molecular flexibility index (Phi) is 5.49. The second-order valence-corrected chi connectivity index (χ2v) is 7.95. The first kappa shape index (κ1) is 17.3. The average molecular weight is 356 g/mol. The van der Waals surface area contributed by atoms with Crippen molar-refractivity contribution in [1.29, 1.82) is 0 Å². The van der Waals surface area contributed by atoms with Crippen molar-refractivity contribution in [2.24, 2.45) is 0 Å². The molecule has 0 aliphatic carbocycles. The van der Waals surface area contributed by atoms with Crippen molar-refractivity contribution >= 4 is 16.1 Å². The number of nitrogens with one attached hydrogen (secondary N) is 3. The highest BCUT2D eigenvalue weighted by Crippen LogP contribution is 2.13. The molecule has 3 N–H and O–H groups in total. The fraction of sp³-hybridized carbons (Fsp3) is 0.714. The highest BCUT2D eigenvalue weighted by Gasteiger charge is 2.26. The minimum Gasteiger partial charge on any atom is -0.283 e. The van der Waals surface area contributed by atoms with Gasteiger partial charge in [0, 0.05) is 38.3 Å². The Balaban J connectivity index is 1.59. The van der Waals surface area contributed by atoms with Crippen LogP contribution >= 0.6 is 0 Å². The average Bonchev–Trinajstić information content (AvgIpc) is 3.26. The van der Waals surface area contributed by atoms with Gasteiger partial charge in [-0.05, 0) is 25.7 Å². The van der Waals surface area contributed by atoms with Crippen LogP contribution in [0.4, 0.5) is 0 Å². The van der Waals surface area contributed by atoms with Crippen molar-refractivity contribution in [3.8, 4) is 0 Å². The van der Waals surface area contributed by atoms with Gasteiger partial charge < -0.3 is 0 Å². The summed E-state index contributed by atoms with van der Waals surface area (Å²) in [7, 11) is -3.51. The summed E-state index contributed by atoms with van der Waals surface area (Å²) in [5.41, 5.74) is 3.68. The van der Waals surface area contributed by atoms with Crippen LogP contribution in [-0.2, 0) is 16.8 Å². The van der Waals surface area contributed by atoms with Gasteiger partial charge in [0.2, 0.25) is 0 Å². The zero-order valence-electron chi connectivity index (χ0n) is 13.6. The lowest BCUT2D eigenvalue weighted by molar-refractivity contribution is 0.0743. The first-order chi connectivity index (χ1) is 11.6. The van der Waals surface area contributed by atoms with Crippen molar-refractivity contribution < 1.29 is 13.2 Å². The van der Waals surface area contributed by atoms with Crippen LogP contribution in [0.2, 0.25) is 0 Å². The van der Waals surface area contributed by atoms with E-state index in [1.54, 1.807) is 0 Å². The summed E-state index contributed by atoms with van der Waals surface area (Å²) in [5.74, 6) is -0.287. The van der Waals surface area contributed by atoms with Gasteiger partial charge in [0.05, 0.1) is 6.20 Å². The van der Waals surface area contributed by atoms with E-state index in [1.165, 1.54) is 16.9 Å². The summed E-state index contributed by atoms with van der Waals surface area (Å²) < 4.78 is 28.4. The van der Waals surface area contributed by atoms with Crippen molar-refractivity contribution in [2.45, 2.75) is 38.6 Å². The molecule has 0 spiro atoms. The molecular formula is C14H24N6O3S. The van der Waals surface area contributed by atoms with E-state index in [0.29, 0.717) is 24.3 Å². The lowest BCUT2D eigenvalue weighted by Crippen LogP contribution is -2.45. The molecule has 9 nitrogen and oxygen atoms in total. The molecule has 0 atom stereocenters. The number of carbonyl (C=O) groups is 1. The van der Waals surface area contributed by atoms with Crippen LogP contribution in [0.25, 0.3) is 0 Å². The Hall–Kier alpha value is -1.49. The van der Waals surface area contributed by atoms with Gasteiger partial charge in [-0.1, -0.05) is 6.42 Å². The van der Waals surface area contributed by atoms with Crippen LogP contribution in [0.15, 0.2) is 6.20 Å². The maximum atomic E-state index is 12.4. The van der Waals surface area contributed by atoms with E-state index < -0.39 is 10.2 Å². The number of rotatable bonds is 6. The van der Waals surface area contributed by atoms with Gasteiger partial charge in [-0.25, -0.2) is 5.01 Å². The highest BCUT2D eigenvalue weighted by atomic mass is 32.2. The molecule has 1 amide bonds. The van der Waals surface area contributed by atoms with E-state index in [1.807, 2.05) is 5.01 Å². The van der Waals surface area contributed by atoms with E-state index in [9.17, 15) is 13.2 Å². The largest absolute Gasteiger partial charge is 0.283 e. The Morgan fingerprint density at radius 3 is 2.50 bits per heavy atom. The lowest BCUT2D eigenvalue weighted by atomic mass is 10.2. The summed E-state index contributed by atoms with van der Waals surface area (Å²) in [6, 6.07) is 0. The predicted molar refractivity (Wildman–Crippen MR) is 88.0 cm³/mol. The molecular weight excluding hydrogens is 332 g/mol. The van der Waals surface area contributed by atoms with Gasteiger partial charge in [-0.3, -0.25) is 15.3 Å². The summed E-state index contributed by atoms with van der Waals surface area (Å²) in [4.78, 5) is 12.4. The van der Waals surface area contributed by atoms with Crippen LogP contribution in [0.1, 0.15) is 48.2 Å². The van der Waals surface area contributed by atoms with E-state index in [4.69, 9.17) is 0 Å². The number of hydrogen-bond donors (Lipinski definition) is 3. The number of nitrogens with zero attached hydrogens (tertiary/aromatic N) is 3. The van der Waals surface area contributed by atoms with Gasteiger partial charge in [-0.15, -0.1) is 0 Å². The third kappa shape index (κ3) is 4.12. The van der Waals surface area contributed by atoms with Gasteiger partial charge >= 0.3 is 0 Å². The van der Waals surface area contributed by atoms with Crippen molar-refractivity contribution in [3.63, 3.8) is 0 Å². The number of amides is 1. The summed E-state index contributed by atoms with van der Waals surface area (Å²) in [5, 5.41) is 8.44. The molecule has 2 saturated heterocycles. The third-order valence-corrected chi connectivity index (χ3v) is 5.96. The summed E-state index contributed by atoms with van der Waals surface area (Å²) in [6.07, 6.45) is 6.56. The van der Waals surface area contributed by atoms with Gasteiger partial charge in [0.25, 0.3) is 16.1 Å². The molecule has 10 heteroatoms. The highest BCUT2D eigenvalue weighted by molar-refractivity contribution is 7.87. The topological polar surface area (TPSA) is 110 Å². The van der Waals surface area contributed by atoms with Crippen molar-refractivity contribution in [3.05, 3.63) is 17.5 Å². The SMILES string of the molecule is O=C(NN1CCCCC1)c1[nH]ncc1CNS(=O)(=O)N1CCCC1. The van der Waals surface area contributed by atoms with Gasteiger partial charge in [0.1, 0.15) is 5.69 Å². The second kappa shape index (κ2) is 7.60. The summed E-state index contributed by atoms with van der Waals surface area (Å²) >= 11 is 0. The maximum Gasteiger partial charge on any atom is 0.283 e. The Morgan fingerprint density at radius 2 is 1.79 bits per heavy atom. The molecule has 0 aromatic carbocycles. The molecule has 2 aliphatic rings. The van der Waals surface area contributed by atoms with Crippen LogP contribution < -0.4 is 10.1 Å². The predicted octanol–water partition coefficient (Wildman–Crippen LogP) is -0.0294. The van der Waals surface area contributed by atoms with Gasteiger partial charge in [-0.2, -0.15) is 22.5 Å². The lowest BCUT2D eigenvalue weighted by Gasteiger charge is -2.26. The number of hydrazine groups is 1. The van der Waals surface area contributed by atoms with E-state index in [0.717, 1.165) is 38.8 Å². The van der Waals surface area contributed by atoms with Crippen molar-refractivity contribution in [1.82, 2.24) is 29.7 Å². The molecule has 0 radical (unpaired) electrons.